The molecule has 4 aromatic rings. The Kier molecular flexibility index (Phi) is 7.83. The number of anilines is 1. The van der Waals surface area contributed by atoms with E-state index in [9.17, 15) is 19.5 Å². The molecule has 1 unspecified atom stereocenters. The van der Waals surface area contributed by atoms with Crippen LogP contribution in [0.5, 0.6) is 5.88 Å². The number of rotatable bonds is 6. The number of nitrogens with one attached hydrogen (secondary N) is 1. The highest BCUT2D eigenvalue weighted by Gasteiger charge is 2.38. The Labute approximate surface area is 261 Å². The third-order valence-corrected chi connectivity index (χ3v) is 9.03. The first kappa shape index (κ1) is 30.0. The molecule has 1 aliphatic heterocycles. The molecule has 0 saturated carbocycles. The fraction of sp³-hybridized carbons (Fsp3) is 0.290. The first-order valence-electron chi connectivity index (χ1n) is 13.8. The number of benzene rings is 2. The fourth-order valence-electron chi connectivity index (χ4n) is 5.96. The lowest BCUT2D eigenvalue weighted by atomic mass is 9.98. The SMILES string of the molecule is COc1nc(-c2cccc(-c3c(F)ccc(NC(=O)c4cn(C)c(=O)n(C)c4=O)c3Cl)c2Cl)cc2c1C(N1CC(O)C1)CC2. The highest BCUT2D eigenvalue weighted by Crippen LogP contribution is 2.46. The van der Waals surface area contributed by atoms with E-state index in [2.05, 4.69) is 10.2 Å². The quantitative estimate of drug-likeness (QED) is 0.325. The van der Waals surface area contributed by atoms with Gasteiger partial charge in [0.1, 0.15) is 11.4 Å². The standard InChI is InChI=1S/C31H28Cl2FN5O5/c1-37-14-19(30(42)38(2)31(37)43)28(41)35-21-9-8-20(34)25(27(21)33)18-6-4-5-17(26(18)32)22-11-15-7-10-23(39-12-16(40)13-39)24(15)29(36-22)44-3/h4-6,8-9,11,14,16,23,40H,7,10,12-13H2,1-3H3,(H,35,41). The summed E-state index contributed by atoms with van der Waals surface area (Å²) >= 11 is 13.6. The van der Waals surface area contributed by atoms with E-state index in [1.165, 1.54) is 20.2 Å². The normalized spacial score (nSPS) is 16.5. The molecule has 228 valence electrons. The molecule has 2 aromatic heterocycles. The second kappa shape index (κ2) is 11.5. The number of aryl methyl sites for hydroxylation is 2. The number of carbonyl (C=O) groups is 1. The molecule has 1 amide bonds. The number of likely N-dealkylation sites (tertiary alicyclic amines) is 1. The Morgan fingerprint density at radius 1 is 1.11 bits per heavy atom. The van der Waals surface area contributed by atoms with Crippen molar-refractivity contribution >= 4 is 34.8 Å². The predicted octanol–water partition coefficient (Wildman–Crippen LogP) is 4.18. The molecule has 3 heterocycles. The summed E-state index contributed by atoms with van der Waals surface area (Å²) in [5.41, 5.74) is 1.75. The maximum absolute atomic E-state index is 15.4. The fourth-order valence-corrected chi connectivity index (χ4v) is 6.58. The lowest BCUT2D eigenvalue weighted by Gasteiger charge is -2.40. The van der Waals surface area contributed by atoms with Crippen LogP contribution in [0.4, 0.5) is 10.1 Å². The molecule has 6 rings (SSSR count). The van der Waals surface area contributed by atoms with Crippen LogP contribution < -0.4 is 21.3 Å². The van der Waals surface area contributed by atoms with Crippen molar-refractivity contribution in [3.8, 4) is 28.3 Å². The molecule has 0 bridgehead atoms. The molecule has 44 heavy (non-hydrogen) atoms. The number of ether oxygens (including phenoxy) is 1. The minimum atomic E-state index is -0.819. The van der Waals surface area contributed by atoms with Gasteiger partial charge >= 0.3 is 5.69 Å². The van der Waals surface area contributed by atoms with Crippen LogP contribution in [0.3, 0.4) is 0 Å². The van der Waals surface area contributed by atoms with Gasteiger partial charge in [0.05, 0.1) is 34.6 Å². The number of aliphatic hydroxyl groups excluding tert-OH is 1. The zero-order valence-electron chi connectivity index (χ0n) is 24.0. The van der Waals surface area contributed by atoms with Crippen LogP contribution in [0.15, 0.2) is 52.2 Å². The molecular formula is C31H28Cl2FN5O5. The molecule has 1 atom stereocenters. The monoisotopic (exact) mass is 639 g/mol. The first-order chi connectivity index (χ1) is 21.0. The van der Waals surface area contributed by atoms with Gasteiger partial charge in [-0.15, -0.1) is 0 Å². The molecule has 0 spiro atoms. The second-order valence-electron chi connectivity index (χ2n) is 11.0. The summed E-state index contributed by atoms with van der Waals surface area (Å²) in [6.07, 6.45) is 2.49. The van der Waals surface area contributed by atoms with Crippen molar-refractivity contribution in [2.24, 2.45) is 14.1 Å². The number of methoxy groups -OCH3 is 1. The van der Waals surface area contributed by atoms with Gasteiger partial charge in [-0.1, -0.05) is 41.4 Å². The summed E-state index contributed by atoms with van der Waals surface area (Å²) in [7, 11) is 4.24. The number of fused-ring (bicyclic) bond motifs is 1. The second-order valence-corrected chi connectivity index (χ2v) is 11.7. The van der Waals surface area contributed by atoms with Crippen LogP contribution in [-0.4, -0.2) is 56.3 Å². The van der Waals surface area contributed by atoms with Crippen molar-refractivity contribution in [3.63, 3.8) is 0 Å². The van der Waals surface area contributed by atoms with Gasteiger partial charge in [0, 0.05) is 61.7 Å². The van der Waals surface area contributed by atoms with E-state index in [-0.39, 0.29) is 44.6 Å². The number of aliphatic hydroxyl groups is 1. The average molecular weight is 640 g/mol. The van der Waals surface area contributed by atoms with Crippen molar-refractivity contribution in [2.45, 2.75) is 25.0 Å². The molecule has 13 heteroatoms. The van der Waals surface area contributed by atoms with Crippen LogP contribution in [0.25, 0.3) is 22.4 Å². The van der Waals surface area contributed by atoms with Gasteiger partial charge in [0.2, 0.25) is 5.88 Å². The lowest BCUT2D eigenvalue weighted by Crippen LogP contribution is -2.51. The molecule has 2 aromatic carbocycles. The lowest BCUT2D eigenvalue weighted by molar-refractivity contribution is -0.0256. The average Bonchev–Trinajstić information content (AvgIpc) is 3.41. The maximum atomic E-state index is 15.4. The summed E-state index contributed by atoms with van der Waals surface area (Å²) < 4.78 is 23.0. The zero-order valence-corrected chi connectivity index (χ0v) is 25.5. The van der Waals surface area contributed by atoms with E-state index < -0.39 is 23.0 Å². The molecule has 1 fully saturated rings. The molecule has 10 nitrogen and oxygen atoms in total. The molecule has 2 N–H and O–H groups in total. The van der Waals surface area contributed by atoms with Gasteiger partial charge in [-0.3, -0.25) is 19.1 Å². The third kappa shape index (κ3) is 4.99. The van der Waals surface area contributed by atoms with E-state index in [4.69, 9.17) is 32.9 Å². The zero-order chi connectivity index (χ0) is 31.4. The highest BCUT2D eigenvalue weighted by molar-refractivity contribution is 6.39. The summed E-state index contributed by atoms with van der Waals surface area (Å²) in [6.45, 7) is 1.22. The van der Waals surface area contributed by atoms with Gasteiger partial charge in [0.15, 0.2) is 0 Å². The Morgan fingerprint density at radius 2 is 1.84 bits per heavy atom. The van der Waals surface area contributed by atoms with Crippen molar-refractivity contribution in [3.05, 3.63) is 96.0 Å². The number of hydrogen-bond acceptors (Lipinski definition) is 7. The molecular weight excluding hydrogens is 612 g/mol. The van der Waals surface area contributed by atoms with E-state index in [1.807, 2.05) is 6.07 Å². The van der Waals surface area contributed by atoms with Crippen molar-refractivity contribution in [1.82, 2.24) is 19.0 Å². The van der Waals surface area contributed by atoms with Gasteiger partial charge in [0.25, 0.3) is 11.5 Å². The minimum absolute atomic E-state index is 0.0462. The molecule has 1 aliphatic carbocycles. The smallest absolute Gasteiger partial charge is 0.330 e. The Balaban J connectivity index is 1.37. The van der Waals surface area contributed by atoms with Crippen molar-refractivity contribution in [2.75, 3.05) is 25.5 Å². The van der Waals surface area contributed by atoms with Crippen LogP contribution in [0, 0.1) is 5.82 Å². The Morgan fingerprint density at radius 3 is 2.55 bits per heavy atom. The number of carbonyl (C=O) groups excluding carboxylic acids is 1. The topological polar surface area (TPSA) is 119 Å². The van der Waals surface area contributed by atoms with E-state index in [1.54, 1.807) is 25.3 Å². The molecule has 1 saturated heterocycles. The number of halogens is 3. The Hall–Kier alpha value is -4.03. The summed E-state index contributed by atoms with van der Waals surface area (Å²) in [5.74, 6) is -1.02. The van der Waals surface area contributed by atoms with Crippen molar-refractivity contribution in [1.29, 1.82) is 0 Å². The summed E-state index contributed by atoms with van der Waals surface area (Å²) in [4.78, 5) is 44.6. The maximum Gasteiger partial charge on any atom is 0.330 e. The molecule has 0 radical (unpaired) electrons. The number of β-amino-alcohol motifs (C(OH)–C–C–N with tert-alkyl or cyclic N) is 1. The largest absolute Gasteiger partial charge is 0.481 e. The van der Waals surface area contributed by atoms with Crippen LogP contribution in [-0.2, 0) is 20.5 Å². The van der Waals surface area contributed by atoms with Gasteiger partial charge in [-0.25, -0.2) is 14.2 Å². The minimum Gasteiger partial charge on any atom is -0.481 e. The highest BCUT2D eigenvalue weighted by atomic mass is 35.5. The van der Waals surface area contributed by atoms with Crippen LogP contribution in [0.2, 0.25) is 10.0 Å². The summed E-state index contributed by atoms with van der Waals surface area (Å²) in [6, 6.07) is 9.58. The van der Waals surface area contributed by atoms with E-state index in [0.717, 1.165) is 45.4 Å². The van der Waals surface area contributed by atoms with Crippen LogP contribution >= 0.6 is 23.2 Å². The van der Waals surface area contributed by atoms with E-state index >= 15 is 4.39 Å². The molecule has 2 aliphatic rings. The number of hydrogen-bond donors (Lipinski definition) is 2. The number of aromatic nitrogens is 3. The number of nitrogens with zero attached hydrogens (tertiary/aromatic N) is 4. The number of pyridine rings is 1. The predicted molar refractivity (Wildman–Crippen MR) is 165 cm³/mol. The first-order valence-corrected chi connectivity index (χ1v) is 14.6. The third-order valence-electron chi connectivity index (χ3n) is 8.23. The Bertz CT molecular complexity index is 1950. The van der Waals surface area contributed by atoms with Gasteiger partial charge in [-0.2, -0.15) is 0 Å². The van der Waals surface area contributed by atoms with Crippen LogP contribution in [0.1, 0.15) is 33.9 Å². The van der Waals surface area contributed by atoms with Gasteiger partial charge in [-0.05, 0) is 36.6 Å². The van der Waals surface area contributed by atoms with E-state index in [0.29, 0.717) is 30.2 Å². The summed E-state index contributed by atoms with van der Waals surface area (Å²) in [5, 5.41) is 12.4. The van der Waals surface area contributed by atoms with Crippen molar-refractivity contribution < 1.29 is 19.0 Å². The van der Waals surface area contributed by atoms with Gasteiger partial charge < -0.3 is 19.7 Å². The number of amides is 1.